The molecule has 5 N–H and O–H groups in total. The minimum Gasteiger partial charge on any atom is -0.508 e. The Bertz CT molecular complexity index is 752. The molecule has 7 nitrogen and oxygen atoms in total. The van der Waals surface area contributed by atoms with Gasteiger partial charge in [-0.15, -0.1) is 0 Å². The molecular formula is C19H20O7. The zero-order chi connectivity index (χ0) is 18.7. The molecule has 1 heterocycles. The van der Waals surface area contributed by atoms with Gasteiger partial charge in [0.1, 0.15) is 35.6 Å². The quantitative estimate of drug-likeness (QED) is 0.518. The summed E-state index contributed by atoms with van der Waals surface area (Å²) in [4.78, 5) is 0. The molecule has 2 aromatic rings. The Hall–Kier alpha value is -2.58. The molecule has 1 aliphatic heterocycles. The number of benzene rings is 2. The molecule has 26 heavy (non-hydrogen) atoms. The molecule has 0 aliphatic carbocycles. The van der Waals surface area contributed by atoms with E-state index in [1.165, 1.54) is 18.2 Å². The molecule has 7 heteroatoms. The van der Waals surface area contributed by atoms with Crippen LogP contribution in [0.3, 0.4) is 0 Å². The summed E-state index contributed by atoms with van der Waals surface area (Å²) in [6.45, 7) is -0.125. The second kappa shape index (κ2) is 7.76. The first-order valence-electron chi connectivity index (χ1n) is 8.06. The standard InChI is InChI=1S/C19H20O7/c20-13-7-12(8-14(21)9-13)2-1-11-3-5-15(6-4-11)26-19-18(24)17(23)16(22)10-25-19/h1-9,16-24H,10H2/t16-,17+,18-,19?/m1/s1. The van der Waals surface area contributed by atoms with Gasteiger partial charge < -0.3 is 35.0 Å². The lowest BCUT2D eigenvalue weighted by Crippen LogP contribution is -2.54. The largest absolute Gasteiger partial charge is 0.508 e. The second-order valence-electron chi connectivity index (χ2n) is 6.05. The van der Waals surface area contributed by atoms with Gasteiger partial charge in [0, 0.05) is 6.07 Å². The number of aliphatic hydroxyl groups is 3. The summed E-state index contributed by atoms with van der Waals surface area (Å²) < 4.78 is 10.7. The fraction of sp³-hybridized carbons (Fsp3) is 0.263. The molecule has 4 atom stereocenters. The van der Waals surface area contributed by atoms with Crippen LogP contribution in [0.15, 0.2) is 42.5 Å². The molecule has 3 rings (SSSR count). The first-order valence-corrected chi connectivity index (χ1v) is 8.06. The average Bonchev–Trinajstić information content (AvgIpc) is 2.61. The first kappa shape index (κ1) is 18.2. The molecule has 1 saturated heterocycles. The SMILES string of the molecule is Oc1cc(O)cc(C=Cc2ccc(OC3OC[C@@H](O)[C@H](O)[C@H]3O)cc2)c1. The Kier molecular flexibility index (Phi) is 5.43. The van der Waals surface area contributed by atoms with Crippen molar-refractivity contribution in [3.05, 3.63) is 53.6 Å². The second-order valence-corrected chi connectivity index (χ2v) is 6.05. The Morgan fingerprint density at radius 3 is 2.12 bits per heavy atom. The van der Waals surface area contributed by atoms with Crippen LogP contribution in [0.25, 0.3) is 12.2 Å². The maximum absolute atomic E-state index is 9.87. The monoisotopic (exact) mass is 360 g/mol. The predicted molar refractivity (Wildman–Crippen MR) is 93.5 cm³/mol. The van der Waals surface area contributed by atoms with Gasteiger partial charge >= 0.3 is 0 Å². The minimum atomic E-state index is -1.35. The van der Waals surface area contributed by atoms with E-state index in [4.69, 9.17) is 9.47 Å². The maximum atomic E-state index is 9.87. The van der Waals surface area contributed by atoms with E-state index in [-0.39, 0.29) is 18.1 Å². The third kappa shape index (κ3) is 4.33. The van der Waals surface area contributed by atoms with Crippen molar-refractivity contribution in [1.82, 2.24) is 0 Å². The fourth-order valence-electron chi connectivity index (χ4n) is 2.58. The van der Waals surface area contributed by atoms with Gasteiger partial charge in [0.25, 0.3) is 0 Å². The highest BCUT2D eigenvalue weighted by molar-refractivity contribution is 5.71. The maximum Gasteiger partial charge on any atom is 0.228 e. The molecule has 0 spiro atoms. The van der Waals surface area contributed by atoms with Crippen LogP contribution < -0.4 is 4.74 Å². The van der Waals surface area contributed by atoms with Gasteiger partial charge in [-0.2, -0.15) is 0 Å². The summed E-state index contributed by atoms with van der Waals surface area (Å²) in [6.07, 6.45) is -1.35. The van der Waals surface area contributed by atoms with Crippen LogP contribution in [0.1, 0.15) is 11.1 Å². The van der Waals surface area contributed by atoms with Crippen molar-refractivity contribution < 1.29 is 35.0 Å². The lowest BCUT2D eigenvalue weighted by molar-refractivity contribution is -0.242. The van der Waals surface area contributed by atoms with Gasteiger partial charge in [0.05, 0.1) is 6.61 Å². The van der Waals surface area contributed by atoms with Crippen molar-refractivity contribution in [1.29, 1.82) is 0 Å². The highest BCUT2D eigenvalue weighted by Crippen LogP contribution is 2.23. The van der Waals surface area contributed by atoms with Crippen LogP contribution in [0.2, 0.25) is 0 Å². The van der Waals surface area contributed by atoms with Gasteiger partial charge in [-0.1, -0.05) is 24.3 Å². The topological polar surface area (TPSA) is 120 Å². The molecule has 1 aliphatic rings. The third-order valence-corrected chi connectivity index (χ3v) is 3.98. The number of rotatable bonds is 4. The summed E-state index contributed by atoms with van der Waals surface area (Å²) in [6, 6.07) is 11.2. The van der Waals surface area contributed by atoms with Crippen LogP contribution in [-0.2, 0) is 4.74 Å². The first-order chi connectivity index (χ1) is 12.4. The Labute approximate surface area is 150 Å². The normalized spacial score (nSPS) is 26.1. The zero-order valence-corrected chi connectivity index (χ0v) is 13.8. The number of hydrogen-bond donors (Lipinski definition) is 5. The van der Waals surface area contributed by atoms with E-state index in [9.17, 15) is 25.5 Å². The van der Waals surface area contributed by atoms with Gasteiger partial charge in [-0.25, -0.2) is 0 Å². The average molecular weight is 360 g/mol. The van der Waals surface area contributed by atoms with Gasteiger partial charge in [-0.3, -0.25) is 0 Å². The lowest BCUT2D eigenvalue weighted by Gasteiger charge is -2.34. The van der Waals surface area contributed by atoms with Crippen LogP contribution in [0, 0.1) is 0 Å². The van der Waals surface area contributed by atoms with E-state index >= 15 is 0 Å². The van der Waals surface area contributed by atoms with E-state index in [0.717, 1.165) is 5.56 Å². The molecule has 0 radical (unpaired) electrons. The molecular weight excluding hydrogens is 340 g/mol. The van der Waals surface area contributed by atoms with E-state index in [2.05, 4.69) is 0 Å². The van der Waals surface area contributed by atoms with Crippen molar-refractivity contribution in [2.75, 3.05) is 6.61 Å². The van der Waals surface area contributed by atoms with E-state index < -0.39 is 24.6 Å². The highest BCUT2D eigenvalue weighted by Gasteiger charge is 2.38. The van der Waals surface area contributed by atoms with Crippen molar-refractivity contribution in [3.8, 4) is 17.2 Å². The molecule has 2 aromatic carbocycles. The zero-order valence-electron chi connectivity index (χ0n) is 13.8. The van der Waals surface area contributed by atoms with Crippen molar-refractivity contribution in [2.24, 2.45) is 0 Å². The summed E-state index contributed by atoms with van der Waals surface area (Å²) in [5.74, 6) is 0.392. The summed E-state index contributed by atoms with van der Waals surface area (Å²) >= 11 is 0. The number of phenols is 2. The van der Waals surface area contributed by atoms with Crippen LogP contribution >= 0.6 is 0 Å². The van der Waals surface area contributed by atoms with E-state index in [1.807, 2.05) is 0 Å². The number of aromatic hydroxyl groups is 2. The van der Waals surface area contributed by atoms with Crippen molar-refractivity contribution in [3.63, 3.8) is 0 Å². The van der Waals surface area contributed by atoms with E-state index in [0.29, 0.717) is 11.3 Å². The Balaban J connectivity index is 1.64. The van der Waals surface area contributed by atoms with Crippen LogP contribution in [-0.4, -0.2) is 56.7 Å². The molecule has 1 fully saturated rings. The van der Waals surface area contributed by atoms with Crippen LogP contribution in [0.5, 0.6) is 17.2 Å². The van der Waals surface area contributed by atoms with Gasteiger partial charge in [0.2, 0.25) is 6.29 Å². The van der Waals surface area contributed by atoms with Gasteiger partial charge in [-0.05, 0) is 35.4 Å². The Morgan fingerprint density at radius 1 is 0.846 bits per heavy atom. The number of hydrogen-bond acceptors (Lipinski definition) is 7. The number of phenolic OH excluding ortho intramolecular Hbond substituents is 2. The summed E-state index contributed by atoms with van der Waals surface area (Å²) in [5.41, 5.74) is 1.50. The molecule has 138 valence electrons. The predicted octanol–water partition coefficient (Wildman–Crippen LogP) is 1.09. The van der Waals surface area contributed by atoms with Crippen molar-refractivity contribution in [2.45, 2.75) is 24.6 Å². The summed E-state index contributed by atoms with van der Waals surface area (Å²) in [5, 5.41) is 47.9. The van der Waals surface area contributed by atoms with E-state index in [1.54, 1.807) is 36.4 Å². The fourth-order valence-corrected chi connectivity index (χ4v) is 2.58. The van der Waals surface area contributed by atoms with Crippen LogP contribution in [0.4, 0.5) is 0 Å². The summed E-state index contributed by atoms with van der Waals surface area (Å²) in [7, 11) is 0. The molecule has 0 bridgehead atoms. The number of aliphatic hydroxyl groups excluding tert-OH is 3. The Morgan fingerprint density at radius 2 is 1.46 bits per heavy atom. The number of ether oxygens (including phenoxy) is 2. The lowest BCUT2D eigenvalue weighted by atomic mass is 10.1. The van der Waals surface area contributed by atoms with Crippen molar-refractivity contribution >= 4 is 12.2 Å². The molecule has 0 amide bonds. The third-order valence-electron chi connectivity index (χ3n) is 3.98. The molecule has 0 aromatic heterocycles. The molecule has 0 saturated carbocycles. The van der Waals surface area contributed by atoms with Gasteiger partial charge in [0.15, 0.2) is 0 Å². The smallest absolute Gasteiger partial charge is 0.228 e. The molecule has 1 unspecified atom stereocenters. The minimum absolute atomic E-state index is 0.0215. The highest BCUT2D eigenvalue weighted by atomic mass is 16.7.